The molecule has 0 radical (unpaired) electrons. The summed E-state index contributed by atoms with van der Waals surface area (Å²) in [7, 11) is 4.49. The van der Waals surface area contributed by atoms with Crippen LogP contribution in [0.2, 0.25) is 0 Å². The van der Waals surface area contributed by atoms with E-state index in [1.54, 1.807) is 0 Å². The van der Waals surface area contributed by atoms with Gasteiger partial charge >= 0.3 is 0 Å². The van der Waals surface area contributed by atoms with Crippen LogP contribution in [0.4, 0.5) is 0 Å². The van der Waals surface area contributed by atoms with E-state index >= 15 is 0 Å². The third-order valence-corrected chi connectivity index (χ3v) is 12.1. The van der Waals surface area contributed by atoms with E-state index in [1.807, 2.05) is 4.90 Å². The minimum atomic E-state index is -0.132. The van der Waals surface area contributed by atoms with Gasteiger partial charge in [-0.3, -0.25) is 9.59 Å². The van der Waals surface area contributed by atoms with Gasteiger partial charge in [0, 0.05) is 18.5 Å². The number of Topliss-reactive ketones (excluding diaryl/α,β-unsaturated/α-hetero) is 1. The van der Waals surface area contributed by atoms with Gasteiger partial charge in [0.1, 0.15) is 0 Å². The molecule has 10 atom stereocenters. The summed E-state index contributed by atoms with van der Waals surface area (Å²) in [5, 5.41) is 0. The fourth-order valence-corrected chi connectivity index (χ4v) is 9.86. The molecular weight excluding hydrogens is 408 g/mol. The zero-order valence-corrected chi connectivity index (χ0v) is 22.3. The first-order valence-corrected chi connectivity index (χ1v) is 14.0. The molecule has 5 aliphatic rings. The molecule has 4 heteroatoms. The molecule has 0 bridgehead atoms. The lowest BCUT2D eigenvalue weighted by Crippen LogP contribution is -2.65. The molecule has 5 rings (SSSR count). The highest BCUT2D eigenvalue weighted by Gasteiger charge is 2.63. The number of nitrogens with zero attached hydrogens (tertiary/aromatic N) is 2. The Balaban J connectivity index is 1.33. The topological polar surface area (TPSA) is 40.6 Å². The Morgan fingerprint density at radius 2 is 1.55 bits per heavy atom. The van der Waals surface area contributed by atoms with Crippen LogP contribution in [0.25, 0.3) is 0 Å². The molecule has 186 valence electrons. The fourth-order valence-electron chi connectivity index (χ4n) is 9.86. The Bertz CT molecular complexity index is 807. The Kier molecular flexibility index (Phi) is 5.82. The SMILES string of the molecule is CC(C)C1CN(C2CCC3(C)C(CCC4C3CCC3(C)C4CCC3C(C)N(C)C)C2=O)C1=O. The van der Waals surface area contributed by atoms with Gasteiger partial charge in [-0.1, -0.05) is 27.7 Å². The summed E-state index contributed by atoms with van der Waals surface area (Å²) in [6.07, 6.45) is 9.72. The van der Waals surface area contributed by atoms with Gasteiger partial charge in [-0.05, 0) is 113 Å². The van der Waals surface area contributed by atoms with Gasteiger partial charge in [0.05, 0.1) is 12.0 Å². The smallest absolute Gasteiger partial charge is 0.228 e. The highest BCUT2D eigenvalue weighted by atomic mass is 16.2. The monoisotopic (exact) mass is 456 g/mol. The summed E-state index contributed by atoms with van der Waals surface area (Å²) in [5.41, 5.74) is 0.611. The van der Waals surface area contributed by atoms with E-state index in [2.05, 4.69) is 53.6 Å². The molecule has 4 saturated carbocycles. The molecule has 0 aromatic carbocycles. The first kappa shape index (κ1) is 23.8. The first-order valence-electron chi connectivity index (χ1n) is 14.0. The van der Waals surface area contributed by atoms with Crippen LogP contribution in [0, 0.1) is 52.3 Å². The predicted molar refractivity (Wildman–Crippen MR) is 133 cm³/mol. The van der Waals surface area contributed by atoms with Gasteiger partial charge in [0.2, 0.25) is 5.91 Å². The maximum Gasteiger partial charge on any atom is 0.228 e. The van der Waals surface area contributed by atoms with Gasteiger partial charge in [0.15, 0.2) is 5.78 Å². The highest BCUT2D eigenvalue weighted by Crippen LogP contribution is 2.67. The van der Waals surface area contributed by atoms with Gasteiger partial charge in [-0.25, -0.2) is 0 Å². The molecule has 0 spiro atoms. The molecule has 4 aliphatic carbocycles. The average molecular weight is 457 g/mol. The van der Waals surface area contributed by atoms with Crippen LogP contribution in [0.15, 0.2) is 0 Å². The number of hydrogen-bond acceptors (Lipinski definition) is 3. The van der Waals surface area contributed by atoms with Crippen molar-refractivity contribution in [3.05, 3.63) is 0 Å². The second kappa shape index (κ2) is 8.07. The van der Waals surface area contributed by atoms with E-state index in [0.717, 1.165) is 43.6 Å². The van der Waals surface area contributed by atoms with E-state index in [9.17, 15) is 9.59 Å². The molecule has 1 heterocycles. The number of β-lactam (4-membered cyclic amide) rings is 1. The quantitative estimate of drug-likeness (QED) is 0.542. The molecule has 5 fully saturated rings. The molecule has 4 nitrogen and oxygen atoms in total. The second-order valence-corrected chi connectivity index (χ2v) is 13.7. The highest BCUT2D eigenvalue weighted by molar-refractivity contribution is 5.95. The third-order valence-electron chi connectivity index (χ3n) is 12.1. The normalized spacial score (nSPS) is 48.4. The van der Waals surface area contributed by atoms with Crippen molar-refractivity contribution < 1.29 is 9.59 Å². The van der Waals surface area contributed by atoms with Crippen LogP contribution in [0.1, 0.15) is 86.0 Å². The largest absolute Gasteiger partial charge is 0.332 e. The number of likely N-dealkylation sites (tertiary alicyclic amines) is 1. The van der Waals surface area contributed by atoms with E-state index in [4.69, 9.17) is 0 Å². The molecule has 1 amide bonds. The van der Waals surface area contributed by atoms with Crippen molar-refractivity contribution in [1.29, 1.82) is 0 Å². The predicted octanol–water partition coefficient (Wildman–Crippen LogP) is 5.26. The summed E-state index contributed by atoms with van der Waals surface area (Å²) < 4.78 is 0. The number of rotatable bonds is 4. The fraction of sp³-hybridized carbons (Fsp3) is 0.931. The molecule has 0 aromatic rings. The van der Waals surface area contributed by atoms with E-state index in [-0.39, 0.29) is 29.2 Å². The zero-order valence-electron chi connectivity index (χ0n) is 22.3. The summed E-state index contributed by atoms with van der Waals surface area (Å²) >= 11 is 0. The lowest BCUT2D eigenvalue weighted by molar-refractivity contribution is -0.171. The van der Waals surface area contributed by atoms with Gasteiger partial charge < -0.3 is 9.80 Å². The van der Waals surface area contributed by atoms with Gasteiger partial charge in [-0.2, -0.15) is 0 Å². The number of carbonyl (C=O) groups excluding carboxylic acids is 2. The summed E-state index contributed by atoms with van der Waals surface area (Å²) in [6.45, 7) is 12.6. The molecule has 33 heavy (non-hydrogen) atoms. The maximum atomic E-state index is 13.8. The van der Waals surface area contributed by atoms with Crippen molar-refractivity contribution in [2.75, 3.05) is 20.6 Å². The maximum absolute atomic E-state index is 13.8. The molecule has 10 unspecified atom stereocenters. The van der Waals surface area contributed by atoms with Crippen LogP contribution < -0.4 is 0 Å². The molecule has 0 N–H and O–H groups in total. The Morgan fingerprint density at radius 1 is 0.879 bits per heavy atom. The van der Waals surface area contributed by atoms with Gasteiger partial charge in [-0.15, -0.1) is 0 Å². The van der Waals surface area contributed by atoms with Crippen molar-refractivity contribution in [2.24, 2.45) is 52.3 Å². The van der Waals surface area contributed by atoms with Gasteiger partial charge in [0.25, 0.3) is 0 Å². The lowest BCUT2D eigenvalue weighted by atomic mass is 9.44. The van der Waals surface area contributed by atoms with Crippen molar-refractivity contribution in [1.82, 2.24) is 9.80 Å². The number of carbonyl (C=O) groups is 2. The second-order valence-electron chi connectivity index (χ2n) is 13.7. The van der Waals surface area contributed by atoms with Crippen LogP contribution in [-0.2, 0) is 9.59 Å². The van der Waals surface area contributed by atoms with Crippen LogP contribution in [-0.4, -0.2) is 54.2 Å². The minimum Gasteiger partial charge on any atom is -0.332 e. The summed E-state index contributed by atoms with van der Waals surface area (Å²) in [6, 6.07) is 0.511. The van der Waals surface area contributed by atoms with Crippen molar-refractivity contribution >= 4 is 11.7 Å². The molecular formula is C29H48N2O2. The Hall–Kier alpha value is -0.900. The Morgan fingerprint density at radius 3 is 2.18 bits per heavy atom. The summed E-state index contributed by atoms with van der Waals surface area (Å²) in [5.74, 6) is 4.47. The minimum absolute atomic E-state index is 0.132. The van der Waals surface area contributed by atoms with Crippen LogP contribution in [0.5, 0.6) is 0 Å². The number of hydrogen-bond donors (Lipinski definition) is 0. The first-order chi connectivity index (χ1) is 15.5. The van der Waals surface area contributed by atoms with Crippen LogP contribution in [0.3, 0.4) is 0 Å². The average Bonchev–Trinajstić information content (AvgIpc) is 3.10. The lowest BCUT2D eigenvalue weighted by Gasteiger charge is -2.61. The van der Waals surface area contributed by atoms with E-state index in [0.29, 0.717) is 29.1 Å². The summed E-state index contributed by atoms with van der Waals surface area (Å²) in [4.78, 5) is 31.0. The van der Waals surface area contributed by atoms with E-state index < -0.39 is 0 Å². The molecule has 1 saturated heterocycles. The van der Waals surface area contributed by atoms with E-state index in [1.165, 1.54) is 32.1 Å². The molecule has 0 aromatic heterocycles. The standard InChI is InChI=1S/C29H48N2O2/c1-17(2)20-16-31(27(20)33)25-13-15-29(5)23-12-14-28(4)21(18(3)30(6)7)10-11-22(28)19(23)8-9-24(29)26(25)32/h17-25H,8-16H2,1-7H3. The number of ketones is 1. The van der Waals surface area contributed by atoms with Crippen molar-refractivity contribution in [3.63, 3.8) is 0 Å². The number of fused-ring (bicyclic) bond motifs is 5. The molecule has 1 aliphatic heterocycles. The van der Waals surface area contributed by atoms with Crippen LogP contribution >= 0.6 is 0 Å². The van der Waals surface area contributed by atoms with Crippen molar-refractivity contribution in [2.45, 2.75) is 98.1 Å². The van der Waals surface area contributed by atoms with Crippen molar-refractivity contribution in [3.8, 4) is 0 Å². The third kappa shape index (κ3) is 3.32. The number of amides is 1. The zero-order chi connectivity index (χ0) is 23.9. The Labute approximate surface area is 202 Å².